The van der Waals surface area contributed by atoms with E-state index in [1.54, 1.807) is 0 Å². The first kappa shape index (κ1) is 14.0. The summed E-state index contributed by atoms with van der Waals surface area (Å²) in [4.78, 5) is 25.3. The molecule has 0 aromatic carbocycles. The molecule has 0 saturated heterocycles. The largest absolute Gasteiger partial charge is 0.481 e. The minimum absolute atomic E-state index is 0.0486. The fourth-order valence-corrected chi connectivity index (χ4v) is 2.00. The van der Waals surface area contributed by atoms with Crippen LogP contribution < -0.4 is 10.1 Å². The second-order valence-corrected chi connectivity index (χ2v) is 4.66. The minimum Gasteiger partial charge on any atom is -0.481 e. The van der Waals surface area contributed by atoms with Crippen molar-refractivity contribution in [3.05, 3.63) is 22.2 Å². The van der Waals surface area contributed by atoms with Gasteiger partial charge in [0, 0.05) is 18.2 Å². The van der Waals surface area contributed by atoms with Crippen LogP contribution in [0.2, 0.25) is 0 Å². The number of anilines is 1. The van der Waals surface area contributed by atoms with Crippen molar-refractivity contribution in [2.45, 2.75) is 25.3 Å². The van der Waals surface area contributed by atoms with Crippen LogP contribution in [0.1, 0.15) is 19.3 Å². The Balaban J connectivity index is 2.24. The zero-order valence-electron chi connectivity index (χ0n) is 10.9. The molecule has 0 aliphatic heterocycles. The van der Waals surface area contributed by atoms with Gasteiger partial charge in [-0.05, 0) is 18.8 Å². The lowest BCUT2D eigenvalue weighted by Gasteiger charge is -2.17. The molecule has 0 radical (unpaired) electrons. The number of rotatable bonds is 7. The summed E-state index contributed by atoms with van der Waals surface area (Å²) < 4.78 is 4.94. The molecule has 1 aromatic rings. The van der Waals surface area contributed by atoms with Gasteiger partial charge in [0.05, 0.1) is 18.5 Å². The molecule has 1 saturated carbocycles. The molecular formula is C12H15N3O5. The molecule has 108 valence electrons. The summed E-state index contributed by atoms with van der Waals surface area (Å²) in [5, 5.41) is 22.8. The number of ether oxygens (including phenoxy) is 1. The predicted octanol–water partition coefficient (Wildman–Crippen LogP) is 1.66. The van der Waals surface area contributed by atoms with Crippen molar-refractivity contribution >= 4 is 17.5 Å². The van der Waals surface area contributed by atoms with Gasteiger partial charge in [-0.15, -0.1) is 0 Å². The number of methoxy groups -OCH3 is 1. The number of carbonyl (C=O) groups is 1. The standard InChI is InChI=1S/C12H15N3O5/c1-20-10-5-4-9(15(18)19)12(14-10)13-8(6-11(16)17)7-2-3-7/h4-5,7-8H,2-3,6H2,1H3,(H,13,14)(H,16,17). The van der Waals surface area contributed by atoms with Crippen molar-refractivity contribution in [1.29, 1.82) is 0 Å². The average Bonchev–Trinajstić information content (AvgIpc) is 3.21. The van der Waals surface area contributed by atoms with Crippen LogP contribution in [0.15, 0.2) is 12.1 Å². The normalized spacial score (nSPS) is 15.4. The van der Waals surface area contributed by atoms with Gasteiger partial charge in [-0.1, -0.05) is 0 Å². The van der Waals surface area contributed by atoms with Crippen molar-refractivity contribution in [2.24, 2.45) is 5.92 Å². The third kappa shape index (κ3) is 3.34. The number of nitro groups is 1. The summed E-state index contributed by atoms with van der Waals surface area (Å²) in [5.74, 6) is -0.436. The average molecular weight is 281 g/mol. The predicted molar refractivity (Wildman–Crippen MR) is 69.8 cm³/mol. The first-order chi connectivity index (χ1) is 9.51. The van der Waals surface area contributed by atoms with Gasteiger partial charge in [0.15, 0.2) is 0 Å². The minimum atomic E-state index is -0.944. The number of nitrogens with zero attached hydrogens (tertiary/aromatic N) is 2. The highest BCUT2D eigenvalue weighted by molar-refractivity contribution is 5.69. The molecule has 1 aromatic heterocycles. The smallest absolute Gasteiger partial charge is 0.311 e. The second kappa shape index (κ2) is 5.72. The van der Waals surface area contributed by atoms with Gasteiger partial charge >= 0.3 is 11.7 Å². The van der Waals surface area contributed by atoms with Crippen LogP contribution in [0.5, 0.6) is 5.88 Å². The van der Waals surface area contributed by atoms with E-state index in [1.807, 2.05) is 0 Å². The lowest BCUT2D eigenvalue weighted by atomic mass is 10.1. The van der Waals surface area contributed by atoms with E-state index in [0.717, 1.165) is 12.8 Å². The van der Waals surface area contributed by atoms with E-state index in [9.17, 15) is 14.9 Å². The molecule has 2 N–H and O–H groups in total. The number of nitrogens with one attached hydrogen (secondary N) is 1. The van der Waals surface area contributed by atoms with Crippen LogP contribution in [0, 0.1) is 16.0 Å². The number of hydrogen-bond donors (Lipinski definition) is 2. The van der Waals surface area contributed by atoms with Crippen molar-refractivity contribution in [3.63, 3.8) is 0 Å². The molecule has 1 fully saturated rings. The zero-order valence-corrected chi connectivity index (χ0v) is 10.9. The Morgan fingerprint density at radius 2 is 2.35 bits per heavy atom. The Morgan fingerprint density at radius 3 is 2.85 bits per heavy atom. The summed E-state index contributed by atoms with van der Waals surface area (Å²) >= 11 is 0. The molecule has 1 aliphatic carbocycles. The molecule has 0 amide bonds. The maximum Gasteiger partial charge on any atom is 0.311 e. The Morgan fingerprint density at radius 1 is 1.65 bits per heavy atom. The highest BCUT2D eigenvalue weighted by atomic mass is 16.6. The molecule has 0 spiro atoms. The lowest BCUT2D eigenvalue weighted by molar-refractivity contribution is -0.384. The third-order valence-electron chi connectivity index (χ3n) is 3.16. The first-order valence-corrected chi connectivity index (χ1v) is 6.19. The van der Waals surface area contributed by atoms with Crippen molar-refractivity contribution in [1.82, 2.24) is 4.98 Å². The fraction of sp³-hybridized carbons (Fsp3) is 0.500. The third-order valence-corrected chi connectivity index (χ3v) is 3.16. The summed E-state index contributed by atoms with van der Waals surface area (Å²) in [6, 6.07) is 2.33. The molecule has 1 aliphatic rings. The number of aromatic nitrogens is 1. The van der Waals surface area contributed by atoms with Crippen LogP contribution in [0.4, 0.5) is 11.5 Å². The highest BCUT2D eigenvalue weighted by Crippen LogP contribution is 2.37. The van der Waals surface area contributed by atoms with Crippen molar-refractivity contribution in [3.8, 4) is 5.88 Å². The van der Waals surface area contributed by atoms with Gasteiger partial charge in [-0.2, -0.15) is 4.98 Å². The number of hydrogen-bond acceptors (Lipinski definition) is 6. The Hall–Kier alpha value is -2.38. The van der Waals surface area contributed by atoms with E-state index >= 15 is 0 Å². The van der Waals surface area contributed by atoms with E-state index in [4.69, 9.17) is 9.84 Å². The molecule has 1 heterocycles. The quantitative estimate of drug-likeness (QED) is 0.577. The SMILES string of the molecule is COc1ccc([N+](=O)[O-])c(NC(CC(=O)O)C2CC2)n1. The zero-order chi connectivity index (χ0) is 14.7. The molecule has 1 atom stereocenters. The van der Waals surface area contributed by atoms with E-state index in [-0.39, 0.29) is 35.8 Å². The van der Waals surface area contributed by atoms with Crippen LogP contribution in [0.25, 0.3) is 0 Å². The number of carboxylic acid groups (broad SMARTS) is 1. The second-order valence-electron chi connectivity index (χ2n) is 4.66. The Labute approximate surface area is 114 Å². The summed E-state index contributed by atoms with van der Waals surface area (Å²) in [5.41, 5.74) is -0.193. The highest BCUT2D eigenvalue weighted by Gasteiger charge is 2.34. The van der Waals surface area contributed by atoms with Gasteiger partial charge < -0.3 is 15.2 Å². The molecule has 20 heavy (non-hydrogen) atoms. The van der Waals surface area contributed by atoms with Crippen molar-refractivity contribution in [2.75, 3.05) is 12.4 Å². The molecule has 2 rings (SSSR count). The van der Waals surface area contributed by atoms with Gasteiger partial charge in [0.25, 0.3) is 0 Å². The lowest BCUT2D eigenvalue weighted by Crippen LogP contribution is -2.26. The van der Waals surface area contributed by atoms with E-state index in [0.29, 0.717) is 0 Å². The molecule has 8 nitrogen and oxygen atoms in total. The van der Waals surface area contributed by atoms with Gasteiger partial charge in [-0.25, -0.2) is 0 Å². The van der Waals surface area contributed by atoms with Crippen LogP contribution in [-0.4, -0.2) is 34.1 Å². The van der Waals surface area contributed by atoms with E-state index in [1.165, 1.54) is 19.2 Å². The van der Waals surface area contributed by atoms with Crippen LogP contribution in [0.3, 0.4) is 0 Å². The molecule has 8 heteroatoms. The van der Waals surface area contributed by atoms with Crippen molar-refractivity contribution < 1.29 is 19.6 Å². The summed E-state index contributed by atoms with van der Waals surface area (Å²) in [6.45, 7) is 0. The molecule has 0 bridgehead atoms. The van der Waals surface area contributed by atoms with Crippen LogP contribution in [-0.2, 0) is 4.79 Å². The fourth-order valence-electron chi connectivity index (χ4n) is 2.00. The van der Waals surface area contributed by atoms with E-state index in [2.05, 4.69) is 10.3 Å². The monoisotopic (exact) mass is 281 g/mol. The maximum absolute atomic E-state index is 11.0. The number of pyridine rings is 1. The van der Waals surface area contributed by atoms with E-state index < -0.39 is 10.9 Å². The van der Waals surface area contributed by atoms with Crippen LogP contribution >= 0.6 is 0 Å². The maximum atomic E-state index is 11.0. The summed E-state index contributed by atoms with van der Waals surface area (Å²) in [6.07, 6.45) is 1.74. The first-order valence-electron chi connectivity index (χ1n) is 6.19. The Kier molecular flexibility index (Phi) is 4.02. The van der Waals surface area contributed by atoms with Gasteiger partial charge in [-0.3, -0.25) is 14.9 Å². The summed E-state index contributed by atoms with van der Waals surface area (Å²) in [7, 11) is 1.41. The molecule has 1 unspecified atom stereocenters. The van der Waals surface area contributed by atoms with Gasteiger partial charge in [0.2, 0.25) is 11.7 Å². The molecular weight excluding hydrogens is 266 g/mol. The number of aliphatic carboxylic acids is 1. The van der Waals surface area contributed by atoms with Gasteiger partial charge in [0.1, 0.15) is 0 Å². The Bertz CT molecular complexity index is 530. The number of carboxylic acids is 1. The topological polar surface area (TPSA) is 115 Å².